The highest BCUT2D eigenvalue weighted by molar-refractivity contribution is 6.08. The fraction of sp³-hybridized carbons (Fsp3) is 0.222. The van der Waals surface area contributed by atoms with Gasteiger partial charge in [0.25, 0.3) is 5.56 Å². The highest BCUT2D eigenvalue weighted by Gasteiger charge is 2.16. The normalized spacial score (nSPS) is 11.4. The van der Waals surface area contributed by atoms with Crippen LogP contribution in [0.4, 0.5) is 0 Å². The average Bonchev–Trinajstić information content (AvgIpc) is 3.21. The summed E-state index contributed by atoms with van der Waals surface area (Å²) < 4.78 is 2.86. The molecule has 0 bridgehead atoms. The van der Waals surface area contributed by atoms with Crippen LogP contribution in [0, 0.1) is 0 Å². The summed E-state index contributed by atoms with van der Waals surface area (Å²) in [6.45, 7) is 2.02. The van der Waals surface area contributed by atoms with Gasteiger partial charge in [-0.2, -0.15) is 5.10 Å². The monoisotopic (exact) mass is 335 g/mol. The minimum absolute atomic E-state index is 0.0556. The molecule has 7 nitrogen and oxygen atoms in total. The molecule has 4 aromatic rings. The van der Waals surface area contributed by atoms with Crippen LogP contribution in [0.5, 0.6) is 0 Å². The van der Waals surface area contributed by atoms with E-state index in [1.165, 1.54) is 21.8 Å². The molecule has 0 aliphatic rings. The molecule has 1 aromatic carbocycles. The first-order valence-corrected chi connectivity index (χ1v) is 8.09. The highest BCUT2D eigenvalue weighted by Crippen LogP contribution is 2.22. The molecule has 0 unspecified atom stereocenters. The topological polar surface area (TPSA) is 85.6 Å². The van der Waals surface area contributed by atoms with Crippen LogP contribution < -0.4 is 5.56 Å². The molecule has 0 aliphatic heterocycles. The molecule has 7 heteroatoms. The van der Waals surface area contributed by atoms with Gasteiger partial charge in [-0.25, -0.2) is 4.98 Å². The van der Waals surface area contributed by atoms with Gasteiger partial charge >= 0.3 is 0 Å². The Labute approximate surface area is 142 Å². The van der Waals surface area contributed by atoms with Gasteiger partial charge in [0.2, 0.25) is 0 Å². The van der Waals surface area contributed by atoms with Crippen molar-refractivity contribution in [1.82, 2.24) is 24.3 Å². The molecular weight excluding hydrogens is 318 g/mol. The molecule has 1 N–H and O–H groups in total. The van der Waals surface area contributed by atoms with E-state index in [1.807, 2.05) is 18.2 Å². The van der Waals surface area contributed by atoms with E-state index in [0.717, 1.165) is 22.9 Å². The largest absolute Gasteiger partial charge is 0.360 e. The van der Waals surface area contributed by atoms with Crippen molar-refractivity contribution in [2.45, 2.75) is 19.9 Å². The number of H-pyrrole nitrogens is 1. The maximum Gasteiger partial charge on any atom is 0.264 e. The third-order valence-electron chi connectivity index (χ3n) is 4.52. The predicted molar refractivity (Wildman–Crippen MR) is 94.8 cm³/mol. The summed E-state index contributed by atoms with van der Waals surface area (Å²) in [6, 6.07) is 5.91. The van der Waals surface area contributed by atoms with Crippen LogP contribution in [0.1, 0.15) is 22.8 Å². The lowest BCUT2D eigenvalue weighted by Crippen LogP contribution is -2.24. The number of hydrogen-bond donors (Lipinski definition) is 1. The smallest absolute Gasteiger partial charge is 0.264 e. The van der Waals surface area contributed by atoms with Gasteiger partial charge in [-0.15, -0.1) is 0 Å². The number of aromatic amines is 1. The minimum Gasteiger partial charge on any atom is -0.360 e. The number of ketones is 1. The van der Waals surface area contributed by atoms with Crippen LogP contribution >= 0.6 is 0 Å². The molecule has 3 heterocycles. The van der Waals surface area contributed by atoms with Crippen LogP contribution in [0.2, 0.25) is 0 Å². The van der Waals surface area contributed by atoms with Gasteiger partial charge in [0.15, 0.2) is 11.4 Å². The molecule has 3 aromatic heterocycles. The van der Waals surface area contributed by atoms with Gasteiger partial charge in [-0.3, -0.25) is 18.8 Å². The molecular formula is C18H17N5O2. The molecule has 25 heavy (non-hydrogen) atoms. The Morgan fingerprint density at radius 3 is 2.92 bits per heavy atom. The molecule has 0 saturated heterocycles. The zero-order valence-corrected chi connectivity index (χ0v) is 14.0. The maximum absolute atomic E-state index is 12.8. The summed E-state index contributed by atoms with van der Waals surface area (Å²) in [5.41, 5.74) is 2.96. The maximum atomic E-state index is 12.8. The molecule has 0 atom stereocenters. The number of fused-ring (bicyclic) bond motifs is 2. The van der Waals surface area contributed by atoms with Gasteiger partial charge in [0, 0.05) is 29.7 Å². The predicted octanol–water partition coefficient (Wildman–Crippen LogP) is 2.06. The lowest BCUT2D eigenvalue weighted by Gasteiger charge is -2.05. The van der Waals surface area contributed by atoms with Gasteiger partial charge in [0.1, 0.15) is 11.7 Å². The Morgan fingerprint density at radius 1 is 1.28 bits per heavy atom. The molecule has 0 radical (unpaired) electrons. The first-order chi connectivity index (χ1) is 12.1. The number of carbonyl (C=O) groups excluding carboxylic acids is 1. The fourth-order valence-electron chi connectivity index (χ4n) is 3.16. The first kappa shape index (κ1) is 15.3. The molecule has 0 spiro atoms. The second-order valence-corrected chi connectivity index (χ2v) is 6.00. The lowest BCUT2D eigenvalue weighted by atomic mass is 10.0. The van der Waals surface area contributed by atoms with Crippen LogP contribution in [-0.4, -0.2) is 30.1 Å². The summed E-state index contributed by atoms with van der Waals surface area (Å²) in [6.07, 6.45) is 5.47. The summed E-state index contributed by atoms with van der Waals surface area (Å²) in [4.78, 5) is 32.7. The number of benzene rings is 1. The molecule has 4 rings (SSSR count). The van der Waals surface area contributed by atoms with Crippen molar-refractivity contribution in [1.29, 1.82) is 0 Å². The average molecular weight is 335 g/mol. The summed E-state index contributed by atoms with van der Waals surface area (Å²) in [5, 5.41) is 5.33. The Balaban J connectivity index is 1.74. The third-order valence-corrected chi connectivity index (χ3v) is 4.52. The van der Waals surface area contributed by atoms with Crippen LogP contribution in [0.3, 0.4) is 0 Å². The van der Waals surface area contributed by atoms with E-state index in [2.05, 4.69) is 22.0 Å². The number of aromatic nitrogens is 5. The van der Waals surface area contributed by atoms with E-state index in [9.17, 15) is 9.59 Å². The number of nitrogens with one attached hydrogen (secondary N) is 1. The molecule has 0 fully saturated rings. The fourth-order valence-corrected chi connectivity index (χ4v) is 3.16. The number of Topliss-reactive ketones (excluding diaryl/α,β-unsaturated/α-hetero) is 1. The van der Waals surface area contributed by atoms with Gasteiger partial charge < -0.3 is 4.98 Å². The summed E-state index contributed by atoms with van der Waals surface area (Å²) in [5.74, 6) is -0.133. The van der Waals surface area contributed by atoms with Crippen molar-refractivity contribution < 1.29 is 4.79 Å². The van der Waals surface area contributed by atoms with Crippen molar-refractivity contribution in [2.75, 3.05) is 0 Å². The van der Waals surface area contributed by atoms with Crippen LogP contribution in [-0.2, 0) is 20.0 Å². The molecule has 126 valence electrons. The minimum atomic E-state index is -0.263. The number of rotatable bonds is 4. The van der Waals surface area contributed by atoms with Gasteiger partial charge in [-0.05, 0) is 12.0 Å². The Bertz CT molecular complexity index is 1170. The standard InChI is InChI=1S/C18H17N5O2/c1-3-11-5-4-6-12-13(7-19-16(11)12)15(24)9-23-10-20-17-14(18(23)25)8-21-22(17)2/h4-8,10,19H,3,9H2,1-2H3. The van der Waals surface area contributed by atoms with Crippen molar-refractivity contribution in [3.05, 3.63) is 58.4 Å². The second-order valence-electron chi connectivity index (χ2n) is 6.00. The quantitative estimate of drug-likeness (QED) is 0.578. The lowest BCUT2D eigenvalue weighted by molar-refractivity contribution is 0.0972. The summed E-state index contributed by atoms with van der Waals surface area (Å²) in [7, 11) is 1.72. The van der Waals surface area contributed by atoms with E-state index in [1.54, 1.807) is 13.2 Å². The second kappa shape index (κ2) is 5.70. The SMILES string of the molecule is CCc1cccc2c(C(=O)Cn3cnc4c(cnn4C)c3=O)c[nH]c12. The van der Waals surface area contributed by atoms with Gasteiger partial charge in [0.05, 0.1) is 12.7 Å². The number of aryl methyl sites for hydroxylation is 2. The zero-order chi connectivity index (χ0) is 17.6. The van der Waals surface area contributed by atoms with E-state index in [0.29, 0.717) is 16.6 Å². The van der Waals surface area contributed by atoms with Crippen LogP contribution in [0.15, 0.2) is 41.7 Å². The Kier molecular flexibility index (Phi) is 3.49. The number of para-hydroxylation sites is 1. The van der Waals surface area contributed by atoms with Crippen molar-refractivity contribution in [2.24, 2.45) is 7.05 Å². The summed E-state index contributed by atoms with van der Waals surface area (Å²) >= 11 is 0. The first-order valence-electron chi connectivity index (χ1n) is 8.09. The van der Waals surface area contributed by atoms with E-state index >= 15 is 0 Å². The Hall–Kier alpha value is -3.22. The number of carbonyl (C=O) groups is 1. The third kappa shape index (κ3) is 2.36. The molecule has 0 aliphatic carbocycles. The van der Waals surface area contributed by atoms with E-state index in [-0.39, 0.29) is 17.9 Å². The van der Waals surface area contributed by atoms with E-state index in [4.69, 9.17) is 0 Å². The highest BCUT2D eigenvalue weighted by atomic mass is 16.1. The zero-order valence-electron chi connectivity index (χ0n) is 14.0. The Morgan fingerprint density at radius 2 is 2.12 bits per heavy atom. The number of hydrogen-bond acceptors (Lipinski definition) is 4. The molecule has 0 amide bonds. The molecule has 0 saturated carbocycles. The van der Waals surface area contributed by atoms with Crippen molar-refractivity contribution in [3.8, 4) is 0 Å². The number of nitrogens with zero attached hydrogens (tertiary/aromatic N) is 4. The van der Waals surface area contributed by atoms with Crippen molar-refractivity contribution >= 4 is 27.7 Å². The van der Waals surface area contributed by atoms with Crippen molar-refractivity contribution in [3.63, 3.8) is 0 Å². The van der Waals surface area contributed by atoms with Gasteiger partial charge in [-0.1, -0.05) is 25.1 Å². The van der Waals surface area contributed by atoms with Crippen LogP contribution in [0.25, 0.3) is 21.9 Å². The van der Waals surface area contributed by atoms with E-state index < -0.39 is 0 Å².